The summed E-state index contributed by atoms with van der Waals surface area (Å²) in [5, 5.41) is 0. The molecule has 0 saturated carbocycles. The van der Waals surface area contributed by atoms with E-state index in [2.05, 4.69) is 21.8 Å². The lowest BCUT2D eigenvalue weighted by Crippen LogP contribution is -2.25. The number of methoxy groups -OCH3 is 1. The summed E-state index contributed by atoms with van der Waals surface area (Å²) in [6.07, 6.45) is 3.94. The van der Waals surface area contributed by atoms with Gasteiger partial charge in [-0.25, -0.2) is 9.78 Å². The Kier molecular flexibility index (Phi) is 20.5. The van der Waals surface area contributed by atoms with Crippen molar-refractivity contribution in [3.05, 3.63) is 22.7 Å². The third-order valence-corrected chi connectivity index (χ3v) is 3.79. The topological polar surface area (TPSA) is 67.5 Å². The first-order chi connectivity index (χ1) is 11.2. The maximum Gasteiger partial charge on any atom is 0.346 e. The Morgan fingerprint density at radius 3 is 2.42 bits per heavy atom. The maximum absolute atomic E-state index is 10.8. The second-order valence-corrected chi connectivity index (χ2v) is 5.77. The molecule has 1 aromatic heterocycles. The molecular formula is C16H32IN3O3S. The lowest BCUT2D eigenvalue weighted by atomic mass is 10.4. The molecule has 0 amide bonds. The minimum atomic E-state index is -0.292. The molecule has 0 aliphatic carbocycles. The Labute approximate surface area is 167 Å². The molecule has 0 bridgehead atoms. The van der Waals surface area contributed by atoms with Crippen molar-refractivity contribution in [3.8, 4) is 0 Å². The average Bonchev–Trinajstić information content (AvgIpc) is 3.15. The number of anilines is 1. The van der Waals surface area contributed by atoms with Gasteiger partial charge in [0.05, 0.1) is 12.5 Å². The summed E-state index contributed by atoms with van der Waals surface area (Å²) in [7, 11) is 1.73. The molecule has 2 rings (SSSR count). The summed E-state index contributed by atoms with van der Waals surface area (Å²) >= 11 is 1.85. The third-order valence-electron chi connectivity index (χ3n) is 3.00. The average molecular weight is 473 g/mol. The number of thioether (sulfide) groups is 1. The summed E-state index contributed by atoms with van der Waals surface area (Å²) in [4.78, 5) is 19.1. The van der Waals surface area contributed by atoms with Crippen LogP contribution in [-0.2, 0) is 9.47 Å². The number of hydrogen-bond donors (Lipinski definition) is 1. The molecular weight excluding hydrogens is 441 g/mol. The van der Waals surface area contributed by atoms with Crippen molar-refractivity contribution >= 4 is 41.6 Å². The standard InChI is InChI=1S/C8H13N3O.C5H12O.C3H6OS.HI/c1-3-11(4-2)7-5-6-9-8(12)10-7;1-3-4-5-6-2;1-2-5-3-4-1;/h5-6H,3-4H2,1-2H3,(H,9,10,12);3-5H2,1-2H3;1-3H2;1H. The van der Waals surface area contributed by atoms with Gasteiger partial charge in [-0.15, -0.1) is 35.7 Å². The fourth-order valence-electron chi connectivity index (χ4n) is 1.69. The number of halogens is 1. The fourth-order valence-corrected chi connectivity index (χ4v) is 2.28. The van der Waals surface area contributed by atoms with E-state index >= 15 is 0 Å². The van der Waals surface area contributed by atoms with Crippen molar-refractivity contribution in [2.75, 3.05) is 50.0 Å². The number of nitrogens with zero attached hydrogens (tertiary/aromatic N) is 2. The van der Waals surface area contributed by atoms with E-state index in [4.69, 9.17) is 9.47 Å². The van der Waals surface area contributed by atoms with Gasteiger partial charge >= 0.3 is 5.69 Å². The molecule has 1 fully saturated rings. The minimum Gasteiger partial charge on any atom is -0.385 e. The second kappa shape index (κ2) is 19.0. The maximum atomic E-state index is 10.8. The van der Waals surface area contributed by atoms with Crippen molar-refractivity contribution in [2.45, 2.75) is 33.6 Å². The predicted octanol–water partition coefficient (Wildman–Crippen LogP) is 3.37. The van der Waals surface area contributed by atoms with Crippen LogP contribution in [0.5, 0.6) is 0 Å². The Morgan fingerprint density at radius 1 is 1.38 bits per heavy atom. The highest BCUT2D eigenvalue weighted by Crippen LogP contribution is 2.06. The van der Waals surface area contributed by atoms with Crippen molar-refractivity contribution < 1.29 is 9.47 Å². The number of aromatic nitrogens is 2. The zero-order chi connectivity index (χ0) is 17.3. The first-order valence-electron chi connectivity index (χ1n) is 8.14. The number of nitrogens with one attached hydrogen (secondary N) is 1. The molecule has 2 heterocycles. The SMILES string of the molecule is C1CSCO1.CCCCOC.CCN(CC)c1ccnc(=O)[nH]1.I. The molecule has 6 nitrogen and oxygen atoms in total. The molecule has 142 valence electrons. The zero-order valence-electron chi connectivity index (χ0n) is 15.2. The molecule has 8 heteroatoms. The number of rotatable bonds is 6. The van der Waals surface area contributed by atoms with Crippen LogP contribution in [0.2, 0.25) is 0 Å². The van der Waals surface area contributed by atoms with Crippen LogP contribution >= 0.6 is 35.7 Å². The fraction of sp³-hybridized carbons (Fsp3) is 0.750. The van der Waals surface area contributed by atoms with Crippen molar-refractivity contribution in [3.63, 3.8) is 0 Å². The van der Waals surface area contributed by atoms with E-state index in [1.807, 2.05) is 25.6 Å². The summed E-state index contributed by atoms with van der Waals surface area (Å²) in [6, 6.07) is 1.80. The van der Waals surface area contributed by atoms with E-state index in [-0.39, 0.29) is 29.7 Å². The molecule has 1 aliphatic rings. The normalized spacial score (nSPS) is 12.2. The van der Waals surface area contributed by atoms with Gasteiger partial charge in [0.15, 0.2) is 0 Å². The molecule has 0 spiro atoms. The third kappa shape index (κ3) is 14.1. The first-order valence-corrected chi connectivity index (χ1v) is 9.29. The van der Waals surface area contributed by atoms with Crippen LogP contribution in [0.25, 0.3) is 0 Å². The van der Waals surface area contributed by atoms with Crippen LogP contribution < -0.4 is 10.6 Å². The Bertz CT molecular complexity index is 415. The number of hydrogen-bond acceptors (Lipinski definition) is 6. The van der Waals surface area contributed by atoms with Gasteiger partial charge in [0.25, 0.3) is 0 Å². The van der Waals surface area contributed by atoms with Crippen LogP contribution in [-0.4, -0.2) is 55.1 Å². The molecule has 1 saturated heterocycles. The van der Waals surface area contributed by atoms with E-state index < -0.39 is 0 Å². The van der Waals surface area contributed by atoms with E-state index in [9.17, 15) is 4.79 Å². The van der Waals surface area contributed by atoms with Gasteiger partial charge in [0.1, 0.15) is 5.82 Å². The highest BCUT2D eigenvalue weighted by molar-refractivity contribution is 14.0. The van der Waals surface area contributed by atoms with Crippen LogP contribution in [0.15, 0.2) is 17.1 Å². The Hall–Kier alpha value is -0.320. The van der Waals surface area contributed by atoms with Gasteiger partial charge in [0.2, 0.25) is 0 Å². The molecule has 0 atom stereocenters. The number of H-pyrrole nitrogens is 1. The van der Waals surface area contributed by atoms with Crippen molar-refractivity contribution in [1.82, 2.24) is 9.97 Å². The summed E-state index contributed by atoms with van der Waals surface area (Å²) in [5.41, 5.74) is -0.292. The van der Waals surface area contributed by atoms with E-state index in [0.717, 1.165) is 38.1 Å². The molecule has 0 unspecified atom stereocenters. The van der Waals surface area contributed by atoms with Crippen molar-refractivity contribution in [1.29, 1.82) is 0 Å². The zero-order valence-corrected chi connectivity index (χ0v) is 18.4. The van der Waals surface area contributed by atoms with E-state index in [0.29, 0.717) is 0 Å². The van der Waals surface area contributed by atoms with Crippen LogP contribution in [0, 0.1) is 0 Å². The number of aromatic amines is 1. The van der Waals surface area contributed by atoms with Gasteiger partial charge in [-0.3, -0.25) is 4.98 Å². The minimum absolute atomic E-state index is 0. The largest absolute Gasteiger partial charge is 0.385 e. The Morgan fingerprint density at radius 2 is 2.08 bits per heavy atom. The van der Waals surface area contributed by atoms with Crippen LogP contribution in [0.3, 0.4) is 0 Å². The summed E-state index contributed by atoms with van der Waals surface area (Å²) in [6.45, 7) is 9.89. The van der Waals surface area contributed by atoms with Crippen LogP contribution in [0.1, 0.15) is 33.6 Å². The summed E-state index contributed by atoms with van der Waals surface area (Å²) < 4.78 is 9.69. The van der Waals surface area contributed by atoms with Gasteiger partial charge in [-0.1, -0.05) is 13.3 Å². The van der Waals surface area contributed by atoms with Crippen molar-refractivity contribution in [2.24, 2.45) is 0 Å². The molecule has 1 aromatic rings. The second-order valence-electron chi connectivity index (χ2n) is 4.71. The monoisotopic (exact) mass is 473 g/mol. The van der Waals surface area contributed by atoms with Gasteiger partial charge in [0, 0.05) is 38.8 Å². The lowest BCUT2D eigenvalue weighted by Gasteiger charge is -2.19. The first kappa shape index (κ1) is 25.9. The molecule has 0 aromatic carbocycles. The van der Waals surface area contributed by atoms with Gasteiger partial charge in [-0.2, -0.15) is 0 Å². The van der Waals surface area contributed by atoms with E-state index in [1.54, 1.807) is 13.2 Å². The number of unbranched alkanes of at least 4 members (excludes halogenated alkanes) is 1. The molecule has 0 radical (unpaired) electrons. The Balaban J connectivity index is 0. The van der Waals surface area contributed by atoms with Gasteiger partial charge in [-0.05, 0) is 26.3 Å². The van der Waals surface area contributed by atoms with Crippen LogP contribution in [0.4, 0.5) is 5.82 Å². The quantitative estimate of drug-likeness (QED) is 0.505. The summed E-state index contributed by atoms with van der Waals surface area (Å²) in [5.74, 6) is 2.94. The smallest absolute Gasteiger partial charge is 0.346 e. The van der Waals surface area contributed by atoms with Gasteiger partial charge < -0.3 is 14.4 Å². The molecule has 1 aliphatic heterocycles. The predicted molar refractivity (Wildman–Crippen MR) is 114 cm³/mol. The highest BCUT2D eigenvalue weighted by Gasteiger charge is 2.00. The molecule has 1 N–H and O–H groups in total. The number of ether oxygens (including phenoxy) is 2. The molecule has 24 heavy (non-hydrogen) atoms. The van der Waals surface area contributed by atoms with E-state index in [1.165, 1.54) is 24.8 Å². The highest BCUT2D eigenvalue weighted by atomic mass is 127. The lowest BCUT2D eigenvalue weighted by molar-refractivity contribution is 0.194.